The number of urea groups is 1. The molecular formula is C14H22N2O3. The first-order valence-corrected chi connectivity index (χ1v) is 7.14. The number of amides is 3. The van der Waals surface area contributed by atoms with Crippen LogP contribution in [0.5, 0.6) is 0 Å². The van der Waals surface area contributed by atoms with Crippen LogP contribution in [0, 0.1) is 5.92 Å². The molecule has 1 spiro atoms. The van der Waals surface area contributed by atoms with E-state index in [1.165, 1.54) is 0 Å². The zero-order valence-corrected chi connectivity index (χ0v) is 11.7. The van der Waals surface area contributed by atoms with Gasteiger partial charge in [0, 0.05) is 6.42 Å². The molecule has 1 heterocycles. The van der Waals surface area contributed by atoms with Gasteiger partial charge < -0.3 is 5.32 Å². The topological polar surface area (TPSA) is 66.5 Å². The van der Waals surface area contributed by atoms with Crippen LogP contribution in [0.25, 0.3) is 0 Å². The van der Waals surface area contributed by atoms with E-state index in [4.69, 9.17) is 0 Å². The summed E-state index contributed by atoms with van der Waals surface area (Å²) in [6.45, 7) is 4.00. The minimum absolute atomic E-state index is 0.0489. The van der Waals surface area contributed by atoms with Crippen molar-refractivity contribution in [3.8, 4) is 0 Å². The number of ketones is 1. The van der Waals surface area contributed by atoms with E-state index < -0.39 is 11.6 Å². The molecule has 2 rings (SSSR count). The van der Waals surface area contributed by atoms with Crippen molar-refractivity contribution < 1.29 is 14.4 Å². The molecule has 0 radical (unpaired) electrons. The molecule has 1 saturated heterocycles. The van der Waals surface area contributed by atoms with Crippen molar-refractivity contribution in [3.05, 3.63) is 0 Å². The summed E-state index contributed by atoms with van der Waals surface area (Å²) < 4.78 is 0. The number of carbonyl (C=O) groups is 3. The fourth-order valence-electron chi connectivity index (χ4n) is 2.95. The number of Topliss-reactive ketones (excluding diaryl/α,β-unsaturated/α-hetero) is 1. The average Bonchev–Trinajstić information content (AvgIpc) is 2.59. The van der Waals surface area contributed by atoms with Gasteiger partial charge in [-0.3, -0.25) is 14.5 Å². The van der Waals surface area contributed by atoms with Crippen molar-refractivity contribution in [1.29, 1.82) is 0 Å². The van der Waals surface area contributed by atoms with Crippen LogP contribution < -0.4 is 5.32 Å². The lowest BCUT2D eigenvalue weighted by Crippen LogP contribution is -2.49. The molecule has 2 fully saturated rings. The third-order valence-electron chi connectivity index (χ3n) is 4.24. The normalized spacial score (nSPS) is 30.8. The monoisotopic (exact) mass is 266 g/mol. The van der Waals surface area contributed by atoms with Crippen LogP contribution in [0.15, 0.2) is 0 Å². The molecular weight excluding hydrogens is 244 g/mol. The first-order valence-electron chi connectivity index (χ1n) is 7.14. The molecule has 0 aromatic rings. The number of nitrogens with one attached hydrogen (secondary N) is 1. The molecule has 2 aliphatic rings. The zero-order chi connectivity index (χ0) is 14.0. The average molecular weight is 266 g/mol. The second-order valence-electron chi connectivity index (χ2n) is 5.87. The predicted octanol–water partition coefficient (Wildman–Crippen LogP) is 1.86. The van der Waals surface area contributed by atoms with E-state index in [-0.39, 0.29) is 18.2 Å². The summed E-state index contributed by atoms with van der Waals surface area (Å²) in [4.78, 5) is 37.1. The van der Waals surface area contributed by atoms with Crippen molar-refractivity contribution in [2.24, 2.45) is 5.92 Å². The van der Waals surface area contributed by atoms with E-state index in [1.807, 2.05) is 6.92 Å². The second-order valence-corrected chi connectivity index (χ2v) is 5.87. The Balaban J connectivity index is 2.06. The predicted molar refractivity (Wildman–Crippen MR) is 70.5 cm³/mol. The summed E-state index contributed by atoms with van der Waals surface area (Å²) in [5.41, 5.74) is -0.726. The van der Waals surface area contributed by atoms with Gasteiger partial charge in [-0.15, -0.1) is 0 Å². The van der Waals surface area contributed by atoms with Gasteiger partial charge in [-0.25, -0.2) is 4.79 Å². The highest BCUT2D eigenvalue weighted by Crippen LogP contribution is 2.36. The zero-order valence-electron chi connectivity index (χ0n) is 11.7. The number of hydrogen-bond acceptors (Lipinski definition) is 3. The Morgan fingerprint density at radius 3 is 2.58 bits per heavy atom. The molecule has 3 amide bonds. The van der Waals surface area contributed by atoms with E-state index in [0.29, 0.717) is 25.2 Å². The minimum atomic E-state index is -0.726. The Bertz CT molecular complexity index is 397. The molecule has 0 atom stereocenters. The van der Waals surface area contributed by atoms with E-state index in [0.717, 1.165) is 24.2 Å². The summed E-state index contributed by atoms with van der Waals surface area (Å²) in [6, 6.07) is -0.399. The highest BCUT2D eigenvalue weighted by atomic mass is 16.2. The van der Waals surface area contributed by atoms with Crippen LogP contribution in [0.3, 0.4) is 0 Å². The smallest absolute Gasteiger partial charge is 0.323 e. The molecule has 106 valence electrons. The molecule has 5 heteroatoms. The van der Waals surface area contributed by atoms with Gasteiger partial charge in [-0.1, -0.05) is 13.8 Å². The Morgan fingerprint density at radius 1 is 1.37 bits per heavy atom. The van der Waals surface area contributed by atoms with Crippen molar-refractivity contribution >= 4 is 17.7 Å². The summed E-state index contributed by atoms with van der Waals surface area (Å²) in [5, 5.41) is 2.82. The molecule has 1 N–H and O–H groups in total. The number of rotatable bonds is 4. The first-order chi connectivity index (χ1) is 8.98. The van der Waals surface area contributed by atoms with Crippen molar-refractivity contribution in [2.75, 3.05) is 6.54 Å². The van der Waals surface area contributed by atoms with E-state index >= 15 is 0 Å². The first kappa shape index (κ1) is 14.0. The Kier molecular flexibility index (Phi) is 3.92. The van der Waals surface area contributed by atoms with Gasteiger partial charge in [0.15, 0.2) is 5.78 Å². The Morgan fingerprint density at radius 2 is 2.00 bits per heavy atom. The van der Waals surface area contributed by atoms with E-state index in [9.17, 15) is 14.4 Å². The third kappa shape index (κ3) is 2.65. The molecule has 1 saturated carbocycles. The van der Waals surface area contributed by atoms with Gasteiger partial charge in [-0.2, -0.15) is 0 Å². The minimum Gasteiger partial charge on any atom is -0.323 e. The Hall–Kier alpha value is -1.39. The fourth-order valence-corrected chi connectivity index (χ4v) is 2.95. The van der Waals surface area contributed by atoms with E-state index in [1.54, 1.807) is 0 Å². The largest absolute Gasteiger partial charge is 0.325 e. The lowest BCUT2D eigenvalue weighted by molar-refractivity contribution is -0.135. The maximum absolute atomic E-state index is 12.4. The van der Waals surface area contributed by atoms with Crippen LogP contribution in [-0.4, -0.2) is 34.7 Å². The molecule has 0 unspecified atom stereocenters. The number of nitrogens with zero attached hydrogens (tertiary/aromatic N) is 1. The summed E-state index contributed by atoms with van der Waals surface area (Å²) in [7, 11) is 0. The maximum atomic E-state index is 12.4. The van der Waals surface area contributed by atoms with Gasteiger partial charge >= 0.3 is 6.03 Å². The van der Waals surface area contributed by atoms with Gasteiger partial charge in [0.1, 0.15) is 5.54 Å². The van der Waals surface area contributed by atoms with E-state index in [2.05, 4.69) is 12.2 Å². The molecule has 0 aromatic heterocycles. The van der Waals surface area contributed by atoms with Crippen LogP contribution >= 0.6 is 0 Å². The lowest BCUT2D eigenvalue weighted by Gasteiger charge is -2.33. The highest BCUT2D eigenvalue weighted by Gasteiger charge is 2.52. The van der Waals surface area contributed by atoms with Crippen LogP contribution in [0.4, 0.5) is 4.79 Å². The van der Waals surface area contributed by atoms with Crippen LogP contribution in [-0.2, 0) is 9.59 Å². The van der Waals surface area contributed by atoms with Gasteiger partial charge in [0.25, 0.3) is 5.91 Å². The SMILES string of the molecule is CCCC(=O)CN1C(=O)NC2(CCC(C)CC2)C1=O. The fraction of sp³-hybridized carbons (Fsp3) is 0.786. The number of imide groups is 1. The molecule has 0 aromatic carbocycles. The van der Waals surface area contributed by atoms with Crippen molar-refractivity contribution in [1.82, 2.24) is 10.2 Å². The highest BCUT2D eigenvalue weighted by molar-refractivity contribution is 6.09. The maximum Gasteiger partial charge on any atom is 0.325 e. The number of hydrogen-bond donors (Lipinski definition) is 1. The van der Waals surface area contributed by atoms with Crippen molar-refractivity contribution in [2.45, 2.75) is 57.9 Å². The lowest BCUT2D eigenvalue weighted by atomic mass is 9.77. The molecule has 19 heavy (non-hydrogen) atoms. The standard InChI is InChI=1S/C14H22N2O3/c1-3-4-11(17)9-16-12(18)14(15-13(16)19)7-5-10(2)6-8-14/h10H,3-9H2,1-2H3,(H,15,19). The van der Waals surface area contributed by atoms with Gasteiger partial charge in [0.2, 0.25) is 0 Å². The molecule has 1 aliphatic carbocycles. The number of carbonyl (C=O) groups excluding carboxylic acids is 3. The second kappa shape index (κ2) is 5.31. The van der Waals surface area contributed by atoms with Crippen molar-refractivity contribution in [3.63, 3.8) is 0 Å². The summed E-state index contributed by atoms with van der Waals surface area (Å²) in [5.74, 6) is 0.354. The van der Waals surface area contributed by atoms with Gasteiger partial charge in [0.05, 0.1) is 6.54 Å². The van der Waals surface area contributed by atoms with Crippen LogP contribution in [0.2, 0.25) is 0 Å². The quantitative estimate of drug-likeness (QED) is 0.790. The van der Waals surface area contributed by atoms with Crippen LogP contribution in [0.1, 0.15) is 52.4 Å². The third-order valence-corrected chi connectivity index (χ3v) is 4.24. The molecule has 1 aliphatic heterocycles. The van der Waals surface area contributed by atoms with Gasteiger partial charge in [-0.05, 0) is 38.0 Å². The molecule has 5 nitrogen and oxygen atoms in total. The Labute approximate surface area is 113 Å². The summed E-state index contributed by atoms with van der Waals surface area (Å²) in [6.07, 6.45) is 4.44. The molecule has 0 bridgehead atoms. The summed E-state index contributed by atoms with van der Waals surface area (Å²) >= 11 is 0.